The molecule has 0 atom stereocenters. The van der Waals surface area contributed by atoms with Crippen molar-refractivity contribution in [1.29, 1.82) is 5.26 Å². The number of hydrogen-bond donors (Lipinski definition) is 0. The molecule has 0 unspecified atom stereocenters. The van der Waals surface area contributed by atoms with Crippen LogP contribution in [0.1, 0.15) is 11.1 Å². The van der Waals surface area contributed by atoms with Gasteiger partial charge in [-0.2, -0.15) is 5.26 Å². The van der Waals surface area contributed by atoms with E-state index in [2.05, 4.69) is 0 Å². The summed E-state index contributed by atoms with van der Waals surface area (Å²) in [4.78, 5) is 0.327. The first-order chi connectivity index (χ1) is 9.62. The van der Waals surface area contributed by atoms with Crippen LogP contribution in [0.5, 0.6) is 0 Å². The van der Waals surface area contributed by atoms with E-state index in [1.165, 1.54) is 6.08 Å². The van der Waals surface area contributed by atoms with Crippen LogP contribution in [0.15, 0.2) is 65.6 Å². The van der Waals surface area contributed by atoms with Crippen molar-refractivity contribution in [3.63, 3.8) is 0 Å². The molecule has 100 valence electrons. The molecule has 0 spiro atoms. The zero-order valence-corrected chi connectivity index (χ0v) is 11.5. The van der Waals surface area contributed by atoms with Crippen LogP contribution in [-0.4, -0.2) is 8.42 Å². The van der Waals surface area contributed by atoms with Gasteiger partial charge in [-0.25, -0.2) is 8.42 Å². The van der Waals surface area contributed by atoms with E-state index in [4.69, 9.17) is 5.26 Å². The van der Waals surface area contributed by atoms with Gasteiger partial charge >= 0.3 is 0 Å². The molecule has 2 rings (SSSR count). The zero-order chi connectivity index (χ0) is 14.4. The van der Waals surface area contributed by atoms with E-state index in [9.17, 15) is 8.42 Å². The minimum absolute atomic E-state index is 0.0285. The summed E-state index contributed by atoms with van der Waals surface area (Å²) in [5.74, 6) is -0.0285. The lowest BCUT2D eigenvalue weighted by Gasteiger charge is -2.05. The fourth-order valence-electron chi connectivity index (χ4n) is 1.79. The van der Waals surface area contributed by atoms with Gasteiger partial charge in [-0.05, 0) is 29.3 Å². The Balaban J connectivity index is 2.19. The molecular weight excluding hydrogens is 270 g/mol. The first-order valence-electron chi connectivity index (χ1n) is 6.05. The van der Waals surface area contributed by atoms with Crippen molar-refractivity contribution < 1.29 is 8.42 Å². The number of allylic oxidation sites excluding steroid dienone is 1. The normalized spacial score (nSPS) is 11.3. The molecule has 0 aliphatic rings. The Labute approximate surface area is 118 Å². The van der Waals surface area contributed by atoms with Crippen LogP contribution in [0, 0.1) is 11.3 Å². The van der Waals surface area contributed by atoms with Crippen molar-refractivity contribution >= 4 is 15.9 Å². The van der Waals surface area contributed by atoms with E-state index in [1.54, 1.807) is 60.7 Å². The van der Waals surface area contributed by atoms with E-state index >= 15 is 0 Å². The second kappa shape index (κ2) is 6.18. The third-order valence-electron chi connectivity index (χ3n) is 2.79. The summed E-state index contributed by atoms with van der Waals surface area (Å²) in [6, 6.07) is 17.4. The van der Waals surface area contributed by atoms with Crippen molar-refractivity contribution in [2.75, 3.05) is 0 Å². The maximum atomic E-state index is 12.2. The van der Waals surface area contributed by atoms with Crippen molar-refractivity contribution in [1.82, 2.24) is 0 Å². The molecular formula is C16H13NO2S. The molecule has 2 aromatic carbocycles. The van der Waals surface area contributed by atoms with Crippen LogP contribution in [-0.2, 0) is 15.6 Å². The predicted octanol–water partition coefficient (Wildman–Crippen LogP) is 3.20. The minimum atomic E-state index is -3.31. The first-order valence-corrected chi connectivity index (χ1v) is 7.70. The van der Waals surface area contributed by atoms with Gasteiger partial charge in [-0.1, -0.05) is 42.5 Å². The molecule has 0 saturated carbocycles. The number of nitriles is 1. The van der Waals surface area contributed by atoms with Crippen LogP contribution in [0.4, 0.5) is 0 Å². The molecule has 2 aromatic rings. The van der Waals surface area contributed by atoms with E-state index in [0.717, 1.165) is 11.1 Å². The lowest BCUT2D eigenvalue weighted by molar-refractivity contribution is 0.595. The maximum absolute atomic E-state index is 12.2. The van der Waals surface area contributed by atoms with Gasteiger partial charge in [0, 0.05) is 6.08 Å². The summed E-state index contributed by atoms with van der Waals surface area (Å²) < 4.78 is 24.4. The Kier molecular flexibility index (Phi) is 4.34. The molecule has 0 radical (unpaired) electrons. The van der Waals surface area contributed by atoms with Gasteiger partial charge < -0.3 is 0 Å². The molecule has 0 bridgehead atoms. The zero-order valence-electron chi connectivity index (χ0n) is 10.7. The van der Waals surface area contributed by atoms with Crippen LogP contribution >= 0.6 is 0 Å². The summed E-state index contributed by atoms with van der Waals surface area (Å²) in [5.41, 5.74) is 1.59. The topological polar surface area (TPSA) is 57.9 Å². The predicted molar refractivity (Wildman–Crippen MR) is 78.4 cm³/mol. The molecule has 0 aliphatic heterocycles. The van der Waals surface area contributed by atoms with E-state index in [0.29, 0.717) is 4.90 Å². The third-order valence-corrected chi connectivity index (χ3v) is 4.49. The van der Waals surface area contributed by atoms with E-state index in [1.807, 2.05) is 6.07 Å². The second-order valence-corrected chi connectivity index (χ2v) is 6.27. The highest BCUT2D eigenvalue weighted by molar-refractivity contribution is 7.90. The first kappa shape index (κ1) is 14.0. The Morgan fingerprint density at radius 2 is 1.65 bits per heavy atom. The van der Waals surface area contributed by atoms with E-state index < -0.39 is 9.84 Å². The Morgan fingerprint density at radius 3 is 2.25 bits per heavy atom. The summed E-state index contributed by atoms with van der Waals surface area (Å²) in [6.45, 7) is 0. The summed E-state index contributed by atoms with van der Waals surface area (Å²) in [7, 11) is -3.31. The van der Waals surface area contributed by atoms with Crippen LogP contribution in [0.2, 0.25) is 0 Å². The van der Waals surface area contributed by atoms with Crippen molar-refractivity contribution in [3.05, 3.63) is 71.8 Å². The number of benzene rings is 2. The Bertz CT molecular complexity index is 739. The van der Waals surface area contributed by atoms with Gasteiger partial charge in [-0.3, -0.25) is 0 Å². The molecule has 3 nitrogen and oxygen atoms in total. The fourth-order valence-corrected chi connectivity index (χ4v) is 3.16. The molecule has 0 fully saturated rings. The highest BCUT2D eigenvalue weighted by atomic mass is 32.2. The second-order valence-electron chi connectivity index (χ2n) is 4.28. The fraction of sp³-hybridized carbons (Fsp3) is 0.0625. The monoisotopic (exact) mass is 283 g/mol. The SMILES string of the molecule is N#C/C=C/c1ccc(CS(=O)(=O)c2ccccc2)cc1. The molecule has 0 aliphatic carbocycles. The summed E-state index contributed by atoms with van der Waals surface area (Å²) >= 11 is 0. The number of sulfone groups is 1. The lowest BCUT2D eigenvalue weighted by Crippen LogP contribution is -2.04. The average Bonchev–Trinajstić information content (AvgIpc) is 2.47. The van der Waals surface area contributed by atoms with Gasteiger partial charge in [0.15, 0.2) is 9.84 Å². The van der Waals surface area contributed by atoms with Crippen molar-refractivity contribution in [2.24, 2.45) is 0 Å². The van der Waals surface area contributed by atoms with Gasteiger partial charge in [0.2, 0.25) is 0 Å². The summed E-state index contributed by atoms with van der Waals surface area (Å²) in [6.07, 6.45) is 3.06. The molecule has 0 aromatic heterocycles. The smallest absolute Gasteiger partial charge is 0.182 e. The molecule has 0 amide bonds. The third kappa shape index (κ3) is 3.56. The van der Waals surface area contributed by atoms with Crippen molar-refractivity contribution in [2.45, 2.75) is 10.6 Å². The molecule has 20 heavy (non-hydrogen) atoms. The molecule has 4 heteroatoms. The standard InChI is InChI=1S/C16H13NO2S/c17-12-4-5-14-8-10-15(11-9-14)13-20(18,19)16-6-2-1-3-7-16/h1-11H,13H2/b5-4+. The van der Waals surface area contributed by atoms with Gasteiger partial charge in [0.25, 0.3) is 0 Å². The van der Waals surface area contributed by atoms with Gasteiger partial charge in [0.1, 0.15) is 0 Å². The van der Waals surface area contributed by atoms with Crippen molar-refractivity contribution in [3.8, 4) is 6.07 Å². The number of rotatable bonds is 4. The van der Waals surface area contributed by atoms with Gasteiger partial charge in [-0.15, -0.1) is 0 Å². The quantitative estimate of drug-likeness (QED) is 0.810. The summed E-state index contributed by atoms with van der Waals surface area (Å²) in [5, 5.41) is 8.44. The number of hydrogen-bond acceptors (Lipinski definition) is 3. The minimum Gasteiger partial charge on any atom is -0.223 e. The largest absolute Gasteiger partial charge is 0.223 e. The molecule has 0 N–H and O–H groups in total. The van der Waals surface area contributed by atoms with Gasteiger partial charge in [0.05, 0.1) is 16.7 Å². The Morgan fingerprint density at radius 1 is 1.00 bits per heavy atom. The highest BCUT2D eigenvalue weighted by Gasteiger charge is 2.14. The molecule has 0 heterocycles. The average molecular weight is 283 g/mol. The van der Waals surface area contributed by atoms with Crippen LogP contribution in [0.3, 0.4) is 0 Å². The maximum Gasteiger partial charge on any atom is 0.182 e. The van der Waals surface area contributed by atoms with Crippen LogP contribution in [0.25, 0.3) is 6.08 Å². The van der Waals surface area contributed by atoms with Crippen LogP contribution < -0.4 is 0 Å². The lowest BCUT2D eigenvalue weighted by atomic mass is 10.1. The Hall–Kier alpha value is -2.38. The highest BCUT2D eigenvalue weighted by Crippen LogP contribution is 2.16. The number of nitrogens with zero attached hydrogens (tertiary/aromatic N) is 1. The van der Waals surface area contributed by atoms with E-state index in [-0.39, 0.29) is 5.75 Å². The molecule has 0 saturated heterocycles.